The molecule has 0 radical (unpaired) electrons. The molecule has 152 valence electrons. The van der Waals surface area contributed by atoms with Gasteiger partial charge in [-0.05, 0) is 54.8 Å². The number of aryl methyl sites for hydroxylation is 1. The molecule has 3 aromatic carbocycles. The summed E-state index contributed by atoms with van der Waals surface area (Å²) in [5, 5.41) is 12.6. The average Bonchev–Trinajstić information content (AvgIpc) is 2.77. The molecule has 1 unspecified atom stereocenters. The molecule has 5 nitrogen and oxygen atoms in total. The zero-order valence-electron chi connectivity index (χ0n) is 16.7. The molecule has 1 heterocycles. The second kappa shape index (κ2) is 8.31. The van der Waals surface area contributed by atoms with Crippen LogP contribution in [0.4, 0.5) is 5.69 Å². The standard InChI is InChI=1S/C24H23N3O2S/c1-18-6-5-7-20(12-18)17-27(30(28,29)23-8-3-2-4-9-23)22-14-21-13-19(15-25)10-11-24(21)26-16-22/h2-13,22,26H,14,16-17H2,1H3. The van der Waals surface area contributed by atoms with E-state index >= 15 is 0 Å². The molecule has 0 fully saturated rings. The van der Waals surface area contributed by atoms with Crippen molar-refractivity contribution in [3.05, 3.63) is 95.1 Å². The van der Waals surface area contributed by atoms with Gasteiger partial charge < -0.3 is 5.32 Å². The molecular formula is C24H23N3O2S. The first-order valence-electron chi connectivity index (χ1n) is 9.87. The molecule has 0 saturated heterocycles. The fraction of sp³-hybridized carbons (Fsp3) is 0.208. The number of nitriles is 1. The lowest BCUT2D eigenvalue weighted by atomic mass is 9.97. The van der Waals surface area contributed by atoms with Gasteiger partial charge in [-0.2, -0.15) is 9.57 Å². The van der Waals surface area contributed by atoms with Crippen LogP contribution >= 0.6 is 0 Å². The van der Waals surface area contributed by atoms with Crippen LogP contribution in [0.15, 0.2) is 77.7 Å². The predicted octanol–water partition coefficient (Wildman–Crippen LogP) is 4.09. The number of hydrogen-bond acceptors (Lipinski definition) is 4. The van der Waals surface area contributed by atoms with E-state index in [0.29, 0.717) is 25.1 Å². The van der Waals surface area contributed by atoms with Crippen molar-refractivity contribution < 1.29 is 8.42 Å². The Labute approximate surface area is 177 Å². The summed E-state index contributed by atoms with van der Waals surface area (Å²) < 4.78 is 28.8. The molecule has 1 aliphatic heterocycles. The normalized spacial score (nSPS) is 15.8. The Morgan fingerprint density at radius 3 is 2.60 bits per heavy atom. The molecule has 0 amide bonds. The van der Waals surface area contributed by atoms with Crippen molar-refractivity contribution in [2.75, 3.05) is 11.9 Å². The maximum Gasteiger partial charge on any atom is 0.243 e. The van der Waals surface area contributed by atoms with Gasteiger partial charge >= 0.3 is 0 Å². The van der Waals surface area contributed by atoms with Crippen LogP contribution in [-0.4, -0.2) is 25.3 Å². The molecule has 0 aromatic heterocycles. The summed E-state index contributed by atoms with van der Waals surface area (Å²) in [7, 11) is -3.70. The van der Waals surface area contributed by atoms with Crippen LogP contribution < -0.4 is 5.32 Å². The lowest BCUT2D eigenvalue weighted by molar-refractivity contribution is 0.316. The van der Waals surface area contributed by atoms with Gasteiger partial charge in [0.05, 0.1) is 16.5 Å². The number of benzene rings is 3. The second-order valence-electron chi connectivity index (χ2n) is 7.57. The Balaban J connectivity index is 1.73. The number of hydrogen-bond donors (Lipinski definition) is 1. The zero-order chi connectivity index (χ0) is 21.1. The third-order valence-electron chi connectivity index (χ3n) is 5.40. The Morgan fingerprint density at radius 1 is 1.07 bits per heavy atom. The van der Waals surface area contributed by atoms with Crippen molar-refractivity contribution in [2.24, 2.45) is 0 Å². The van der Waals surface area contributed by atoms with Gasteiger partial charge in [-0.25, -0.2) is 8.42 Å². The van der Waals surface area contributed by atoms with Crippen LogP contribution in [0, 0.1) is 18.3 Å². The molecule has 1 aliphatic rings. The molecule has 6 heteroatoms. The average molecular weight is 418 g/mol. The van der Waals surface area contributed by atoms with Crippen molar-refractivity contribution in [1.29, 1.82) is 5.26 Å². The van der Waals surface area contributed by atoms with Crippen molar-refractivity contribution in [3.63, 3.8) is 0 Å². The molecule has 3 aromatic rings. The fourth-order valence-corrected chi connectivity index (χ4v) is 5.52. The lowest BCUT2D eigenvalue weighted by Crippen LogP contribution is -2.46. The minimum absolute atomic E-state index is 0.267. The van der Waals surface area contributed by atoms with Crippen molar-refractivity contribution in [3.8, 4) is 6.07 Å². The van der Waals surface area contributed by atoms with Gasteiger partial charge in [0, 0.05) is 24.8 Å². The second-order valence-corrected chi connectivity index (χ2v) is 9.47. The van der Waals surface area contributed by atoms with Gasteiger partial charge in [-0.3, -0.25) is 0 Å². The van der Waals surface area contributed by atoms with E-state index in [4.69, 9.17) is 0 Å². The number of nitrogens with zero attached hydrogens (tertiary/aromatic N) is 2. The van der Waals surface area contributed by atoms with Crippen molar-refractivity contribution >= 4 is 15.7 Å². The van der Waals surface area contributed by atoms with E-state index < -0.39 is 10.0 Å². The molecule has 1 atom stereocenters. The number of fused-ring (bicyclic) bond motifs is 1. The first-order valence-corrected chi connectivity index (χ1v) is 11.3. The molecular weight excluding hydrogens is 394 g/mol. The molecule has 0 spiro atoms. The summed E-state index contributed by atoms with van der Waals surface area (Å²) in [6, 6.07) is 23.9. The van der Waals surface area contributed by atoms with Crippen LogP contribution in [-0.2, 0) is 23.0 Å². The SMILES string of the molecule is Cc1cccc(CN(C2CNc3ccc(C#N)cc3C2)S(=O)(=O)c2ccccc2)c1. The highest BCUT2D eigenvalue weighted by atomic mass is 32.2. The highest BCUT2D eigenvalue weighted by Crippen LogP contribution is 2.29. The van der Waals surface area contributed by atoms with Crippen molar-refractivity contribution in [1.82, 2.24) is 4.31 Å². The maximum absolute atomic E-state index is 13.6. The summed E-state index contributed by atoms with van der Waals surface area (Å²) in [5.41, 5.74) is 4.54. The highest BCUT2D eigenvalue weighted by molar-refractivity contribution is 7.89. The highest BCUT2D eigenvalue weighted by Gasteiger charge is 2.34. The van der Waals surface area contributed by atoms with Crippen LogP contribution in [0.2, 0.25) is 0 Å². The molecule has 1 N–H and O–H groups in total. The molecule has 30 heavy (non-hydrogen) atoms. The first-order chi connectivity index (χ1) is 14.5. The van der Waals surface area contributed by atoms with E-state index in [0.717, 1.165) is 22.4 Å². The van der Waals surface area contributed by atoms with Crippen LogP contribution in [0.3, 0.4) is 0 Å². The number of rotatable bonds is 5. The van der Waals surface area contributed by atoms with Gasteiger partial charge in [0.1, 0.15) is 0 Å². The van der Waals surface area contributed by atoms with E-state index in [2.05, 4.69) is 11.4 Å². The first kappa shape index (κ1) is 20.1. The minimum Gasteiger partial charge on any atom is -0.383 e. The molecule has 0 bridgehead atoms. The summed E-state index contributed by atoms with van der Waals surface area (Å²) in [6.07, 6.45) is 0.551. The quantitative estimate of drug-likeness (QED) is 0.678. The molecule has 4 rings (SSSR count). The Morgan fingerprint density at radius 2 is 1.87 bits per heavy atom. The van der Waals surface area contributed by atoms with E-state index in [9.17, 15) is 13.7 Å². The van der Waals surface area contributed by atoms with E-state index in [1.54, 1.807) is 34.6 Å². The van der Waals surface area contributed by atoms with Gasteiger partial charge in [0.25, 0.3) is 0 Å². The van der Waals surface area contributed by atoms with Crippen LogP contribution in [0.1, 0.15) is 22.3 Å². The largest absolute Gasteiger partial charge is 0.383 e. The fourth-order valence-electron chi connectivity index (χ4n) is 3.89. The third kappa shape index (κ3) is 4.09. The maximum atomic E-state index is 13.6. The van der Waals surface area contributed by atoms with Gasteiger partial charge in [0.15, 0.2) is 0 Å². The van der Waals surface area contributed by atoms with E-state index in [1.807, 2.05) is 49.4 Å². The zero-order valence-corrected chi connectivity index (χ0v) is 17.6. The summed E-state index contributed by atoms with van der Waals surface area (Å²) in [5.74, 6) is 0. The lowest BCUT2D eigenvalue weighted by Gasteiger charge is -2.35. The van der Waals surface area contributed by atoms with Gasteiger partial charge in [-0.1, -0.05) is 48.0 Å². The Hall–Kier alpha value is -3.14. The number of sulfonamides is 1. The molecule has 0 saturated carbocycles. The topological polar surface area (TPSA) is 73.2 Å². The van der Waals surface area contributed by atoms with Crippen molar-refractivity contribution in [2.45, 2.75) is 30.8 Å². The van der Waals surface area contributed by atoms with E-state index in [1.165, 1.54) is 0 Å². The Bertz CT molecular complexity index is 1200. The Kier molecular flexibility index (Phi) is 5.58. The monoisotopic (exact) mass is 417 g/mol. The van der Waals surface area contributed by atoms with Crippen LogP contribution in [0.5, 0.6) is 0 Å². The number of anilines is 1. The summed E-state index contributed by atoms with van der Waals surface area (Å²) >= 11 is 0. The summed E-state index contributed by atoms with van der Waals surface area (Å²) in [6.45, 7) is 2.80. The smallest absolute Gasteiger partial charge is 0.243 e. The number of nitrogens with one attached hydrogen (secondary N) is 1. The molecule has 0 aliphatic carbocycles. The third-order valence-corrected chi connectivity index (χ3v) is 7.31. The predicted molar refractivity (Wildman–Crippen MR) is 117 cm³/mol. The van der Waals surface area contributed by atoms with Crippen LogP contribution in [0.25, 0.3) is 0 Å². The minimum atomic E-state index is -3.70. The van der Waals surface area contributed by atoms with Gasteiger partial charge in [0.2, 0.25) is 10.0 Å². The van der Waals surface area contributed by atoms with Gasteiger partial charge in [-0.15, -0.1) is 0 Å². The van der Waals surface area contributed by atoms with E-state index in [-0.39, 0.29) is 10.9 Å². The summed E-state index contributed by atoms with van der Waals surface area (Å²) in [4.78, 5) is 0.286.